The summed E-state index contributed by atoms with van der Waals surface area (Å²) in [6, 6.07) is 9.74. The van der Waals surface area contributed by atoms with Gasteiger partial charge in [-0.1, -0.05) is 50.5 Å². The molecule has 20 heavy (non-hydrogen) atoms. The van der Waals surface area contributed by atoms with Crippen LogP contribution in [0.15, 0.2) is 24.3 Å². The molecule has 1 fully saturated rings. The molecule has 2 aliphatic carbocycles. The molecule has 4 unspecified atom stereocenters. The van der Waals surface area contributed by atoms with Gasteiger partial charge in [-0.15, -0.1) is 0 Å². The highest BCUT2D eigenvalue weighted by Crippen LogP contribution is 2.41. The molecule has 0 heterocycles. The average Bonchev–Trinajstić information content (AvgIpc) is 2.48. The summed E-state index contributed by atoms with van der Waals surface area (Å²) in [5.74, 6) is 2.70. The summed E-state index contributed by atoms with van der Waals surface area (Å²) in [5.41, 5.74) is 3.21. The quantitative estimate of drug-likeness (QED) is 0.830. The summed E-state index contributed by atoms with van der Waals surface area (Å²) in [7, 11) is 2.17. The number of hydrogen-bond acceptors (Lipinski definition) is 1. The average molecular weight is 271 g/mol. The lowest BCUT2D eigenvalue weighted by Gasteiger charge is -2.39. The molecule has 110 valence electrons. The third kappa shape index (κ3) is 2.79. The Morgan fingerprint density at radius 1 is 1.25 bits per heavy atom. The van der Waals surface area contributed by atoms with Crippen molar-refractivity contribution in [2.75, 3.05) is 7.05 Å². The Kier molecular flexibility index (Phi) is 4.45. The van der Waals surface area contributed by atoms with Crippen LogP contribution in [0.2, 0.25) is 0 Å². The maximum atomic E-state index is 3.65. The van der Waals surface area contributed by atoms with Gasteiger partial charge in [-0.2, -0.15) is 0 Å². The van der Waals surface area contributed by atoms with Gasteiger partial charge in [-0.25, -0.2) is 0 Å². The normalized spacial score (nSPS) is 30.4. The number of rotatable bonds is 5. The molecule has 1 nitrogen and oxygen atoms in total. The van der Waals surface area contributed by atoms with E-state index in [1.165, 1.54) is 44.9 Å². The van der Waals surface area contributed by atoms with Crippen LogP contribution in [0.3, 0.4) is 0 Å². The van der Waals surface area contributed by atoms with Crippen molar-refractivity contribution in [2.45, 2.75) is 63.8 Å². The Bertz CT molecular complexity index is 439. The molecule has 4 atom stereocenters. The Morgan fingerprint density at radius 3 is 2.85 bits per heavy atom. The predicted molar refractivity (Wildman–Crippen MR) is 86.1 cm³/mol. The fourth-order valence-corrected chi connectivity index (χ4v) is 4.49. The van der Waals surface area contributed by atoms with E-state index in [0.29, 0.717) is 0 Å². The van der Waals surface area contributed by atoms with Crippen molar-refractivity contribution in [3.05, 3.63) is 35.4 Å². The lowest BCUT2D eigenvalue weighted by Crippen LogP contribution is -2.39. The minimum atomic E-state index is 0.725. The number of fused-ring (bicyclic) bond motifs is 1. The first-order chi connectivity index (χ1) is 9.81. The van der Waals surface area contributed by atoms with Crippen LogP contribution in [0.5, 0.6) is 0 Å². The lowest BCUT2D eigenvalue weighted by molar-refractivity contribution is 0.199. The third-order valence-electron chi connectivity index (χ3n) is 5.84. The van der Waals surface area contributed by atoms with Crippen molar-refractivity contribution >= 4 is 0 Å². The molecule has 0 aliphatic heterocycles. The second-order valence-corrected chi connectivity index (χ2v) is 6.93. The molecule has 0 radical (unpaired) electrons. The van der Waals surface area contributed by atoms with Crippen LogP contribution in [-0.4, -0.2) is 13.1 Å². The highest BCUT2D eigenvalue weighted by atomic mass is 14.9. The molecule has 1 aromatic rings. The lowest BCUT2D eigenvalue weighted by atomic mass is 9.70. The van der Waals surface area contributed by atoms with Gasteiger partial charge in [0, 0.05) is 6.04 Å². The van der Waals surface area contributed by atoms with Crippen LogP contribution in [0.4, 0.5) is 0 Å². The maximum Gasteiger partial charge on any atom is 0.00983 e. The van der Waals surface area contributed by atoms with E-state index >= 15 is 0 Å². The predicted octanol–water partition coefficient (Wildman–Crippen LogP) is 4.52. The fraction of sp³-hybridized carbons (Fsp3) is 0.684. The molecule has 1 N–H and O–H groups in total. The first kappa shape index (κ1) is 14.1. The van der Waals surface area contributed by atoms with E-state index in [2.05, 4.69) is 43.6 Å². The minimum Gasteiger partial charge on any atom is -0.317 e. The number of hydrogen-bond donors (Lipinski definition) is 1. The van der Waals surface area contributed by atoms with Gasteiger partial charge in [0.1, 0.15) is 0 Å². The summed E-state index contributed by atoms with van der Waals surface area (Å²) in [5, 5.41) is 3.65. The largest absolute Gasteiger partial charge is 0.317 e. The first-order valence-electron chi connectivity index (χ1n) is 8.56. The van der Waals surface area contributed by atoms with Gasteiger partial charge in [0.25, 0.3) is 0 Å². The molecule has 0 amide bonds. The van der Waals surface area contributed by atoms with Gasteiger partial charge in [-0.3, -0.25) is 0 Å². The van der Waals surface area contributed by atoms with E-state index in [1.807, 2.05) is 0 Å². The standard InChI is InChI=1S/C19H29N/c1-3-14-7-6-9-16(11-14)19(20-2)13-17-12-15-8-4-5-10-18(15)17/h4-5,8,10,14,16-17,19-20H,3,6-7,9,11-13H2,1-2H3. The summed E-state index contributed by atoms with van der Waals surface area (Å²) in [6.07, 6.45) is 9.83. The van der Waals surface area contributed by atoms with Crippen molar-refractivity contribution in [1.82, 2.24) is 5.32 Å². The van der Waals surface area contributed by atoms with E-state index in [9.17, 15) is 0 Å². The third-order valence-corrected chi connectivity index (χ3v) is 5.84. The molecule has 1 saturated carbocycles. The molecule has 0 aromatic heterocycles. The Labute approximate surface area is 124 Å². The molecule has 1 heteroatoms. The summed E-state index contributed by atoms with van der Waals surface area (Å²) < 4.78 is 0. The smallest absolute Gasteiger partial charge is 0.00983 e. The van der Waals surface area contributed by atoms with E-state index in [4.69, 9.17) is 0 Å². The van der Waals surface area contributed by atoms with E-state index < -0.39 is 0 Å². The monoisotopic (exact) mass is 271 g/mol. The zero-order valence-corrected chi connectivity index (χ0v) is 13.1. The minimum absolute atomic E-state index is 0.725. The molecule has 1 aromatic carbocycles. The highest BCUT2D eigenvalue weighted by molar-refractivity contribution is 5.39. The van der Waals surface area contributed by atoms with Crippen molar-refractivity contribution in [1.29, 1.82) is 0 Å². The molecular weight excluding hydrogens is 242 g/mol. The van der Waals surface area contributed by atoms with Crippen molar-refractivity contribution < 1.29 is 0 Å². The molecule has 0 saturated heterocycles. The Hall–Kier alpha value is -0.820. The van der Waals surface area contributed by atoms with Gasteiger partial charge in [0.15, 0.2) is 0 Å². The van der Waals surface area contributed by atoms with Crippen LogP contribution in [0.25, 0.3) is 0 Å². The van der Waals surface area contributed by atoms with E-state index in [1.54, 1.807) is 11.1 Å². The zero-order chi connectivity index (χ0) is 13.9. The molecule has 0 bridgehead atoms. The molecule has 2 aliphatic rings. The maximum absolute atomic E-state index is 3.65. The second kappa shape index (κ2) is 6.30. The van der Waals surface area contributed by atoms with Crippen LogP contribution in [0.1, 0.15) is 62.5 Å². The summed E-state index contributed by atoms with van der Waals surface area (Å²) >= 11 is 0. The summed E-state index contributed by atoms with van der Waals surface area (Å²) in [4.78, 5) is 0. The van der Waals surface area contributed by atoms with Gasteiger partial charge < -0.3 is 5.32 Å². The molecule has 0 spiro atoms. The van der Waals surface area contributed by atoms with Crippen molar-refractivity contribution in [3.8, 4) is 0 Å². The SMILES string of the molecule is CCC1CCCC(C(CC2Cc3ccccc32)NC)C1. The number of benzene rings is 1. The van der Waals surface area contributed by atoms with Crippen molar-refractivity contribution in [3.63, 3.8) is 0 Å². The van der Waals surface area contributed by atoms with Crippen LogP contribution >= 0.6 is 0 Å². The van der Waals surface area contributed by atoms with Gasteiger partial charge in [-0.05, 0) is 61.6 Å². The highest BCUT2D eigenvalue weighted by Gasteiger charge is 2.32. The van der Waals surface area contributed by atoms with E-state index in [-0.39, 0.29) is 0 Å². The van der Waals surface area contributed by atoms with Gasteiger partial charge in [0.05, 0.1) is 0 Å². The van der Waals surface area contributed by atoms with Crippen molar-refractivity contribution in [2.24, 2.45) is 11.8 Å². The summed E-state index contributed by atoms with van der Waals surface area (Å²) in [6.45, 7) is 2.36. The second-order valence-electron chi connectivity index (χ2n) is 6.93. The van der Waals surface area contributed by atoms with E-state index in [0.717, 1.165) is 23.8 Å². The Morgan fingerprint density at radius 2 is 2.10 bits per heavy atom. The molecular formula is C19H29N. The number of nitrogens with one attached hydrogen (secondary N) is 1. The molecule has 3 rings (SSSR count). The topological polar surface area (TPSA) is 12.0 Å². The van der Waals surface area contributed by atoms with Gasteiger partial charge >= 0.3 is 0 Å². The zero-order valence-electron chi connectivity index (χ0n) is 13.1. The van der Waals surface area contributed by atoms with Crippen LogP contribution in [0, 0.1) is 11.8 Å². The van der Waals surface area contributed by atoms with Crippen LogP contribution in [-0.2, 0) is 6.42 Å². The fourth-order valence-electron chi connectivity index (χ4n) is 4.49. The first-order valence-corrected chi connectivity index (χ1v) is 8.56. The van der Waals surface area contributed by atoms with Crippen LogP contribution < -0.4 is 5.32 Å². The van der Waals surface area contributed by atoms with Gasteiger partial charge in [0.2, 0.25) is 0 Å². The Balaban J connectivity index is 1.61.